The number of hydrogen-bond acceptors (Lipinski definition) is 4. The average Bonchev–Trinajstić information content (AvgIpc) is 3.34. The van der Waals surface area contributed by atoms with Gasteiger partial charge in [-0.15, -0.1) is 0 Å². The molecule has 1 saturated heterocycles. The maximum Gasteiger partial charge on any atom is 0.254 e. The van der Waals surface area contributed by atoms with E-state index in [-0.39, 0.29) is 23.7 Å². The van der Waals surface area contributed by atoms with Crippen LogP contribution in [0, 0.1) is 11.8 Å². The standard InChI is InChI=1S/C23H16N2O3/c26-22-20-18-14-7-1-2-8-15(14)19(17-10-4-3-9-16(17)18)21(20)23(27)25(22)24-12-13-6-5-11-28-13/h1-12,18-21H/b24-12-/t18?,19?,20-,21-/m1/s1. The van der Waals surface area contributed by atoms with Gasteiger partial charge in [-0.05, 0) is 34.4 Å². The Morgan fingerprint density at radius 1 is 0.750 bits per heavy atom. The van der Waals surface area contributed by atoms with E-state index >= 15 is 0 Å². The molecule has 7 rings (SSSR count). The zero-order valence-electron chi connectivity index (χ0n) is 14.9. The third-order valence-electron chi connectivity index (χ3n) is 6.27. The first kappa shape index (κ1) is 15.6. The lowest BCUT2D eigenvalue weighted by molar-refractivity contribution is -0.139. The van der Waals surface area contributed by atoms with Crippen LogP contribution < -0.4 is 0 Å². The quantitative estimate of drug-likeness (QED) is 0.514. The Labute approximate surface area is 161 Å². The molecule has 136 valence electrons. The van der Waals surface area contributed by atoms with Gasteiger partial charge in [0.1, 0.15) is 5.76 Å². The van der Waals surface area contributed by atoms with Gasteiger partial charge in [0.2, 0.25) is 0 Å². The lowest BCUT2D eigenvalue weighted by atomic mass is 9.55. The maximum atomic E-state index is 13.3. The number of carbonyl (C=O) groups excluding carboxylic acids is 2. The molecule has 0 saturated carbocycles. The smallest absolute Gasteiger partial charge is 0.254 e. The van der Waals surface area contributed by atoms with Crippen molar-refractivity contribution in [1.29, 1.82) is 0 Å². The highest BCUT2D eigenvalue weighted by Crippen LogP contribution is 2.60. The molecule has 1 fully saturated rings. The van der Waals surface area contributed by atoms with Gasteiger partial charge in [0.15, 0.2) is 0 Å². The van der Waals surface area contributed by atoms with Crippen LogP contribution in [0.3, 0.4) is 0 Å². The van der Waals surface area contributed by atoms with Crippen LogP contribution in [-0.4, -0.2) is 23.0 Å². The highest BCUT2D eigenvalue weighted by atomic mass is 16.3. The van der Waals surface area contributed by atoms with Gasteiger partial charge in [-0.2, -0.15) is 10.1 Å². The van der Waals surface area contributed by atoms with Gasteiger partial charge in [-0.3, -0.25) is 9.59 Å². The molecule has 1 aromatic heterocycles. The van der Waals surface area contributed by atoms with Crippen LogP contribution in [0.1, 0.15) is 39.8 Å². The van der Waals surface area contributed by atoms with E-state index in [0.717, 1.165) is 27.3 Å². The Morgan fingerprint density at radius 3 is 1.68 bits per heavy atom. The van der Waals surface area contributed by atoms with Gasteiger partial charge in [-0.1, -0.05) is 48.5 Å². The first-order chi connectivity index (χ1) is 13.8. The normalized spacial score (nSPS) is 27.2. The number of hydrogen-bond donors (Lipinski definition) is 0. The molecule has 3 aliphatic carbocycles. The van der Waals surface area contributed by atoms with Crippen LogP contribution in [-0.2, 0) is 9.59 Å². The Morgan fingerprint density at radius 2 is 1.25 bits per heavy atom. The van der Waals surface area contributed by atoms with Crippen LogP contribution >= 0.6 is 0 Å². The summed E-state index contributed by atoms with van der Waals surface area (Å²) in [6, 6.07) is 19.8. The molecule has 2 bridgehead atoms. The highest BCUT2D eigenvalue weighted by molar-refractivity contribution is 6.08. The number of hydrazone groups is 1. The van der Waals surface area contributed by atoms with Gasteiger partial charge in [0.05, 0.1) is 24.3 Å². The van der Waals surface area contributed by atoms with Crippen molar-refractivity contribution in [2.75, 3.05) is 0 Å². The number of imide groups is 1. The van der Waals surface area contributed by atoms with E-state index in [1.807, 2.05) is 24.3 Å². The van der Waals surface area contributed by atoms with E-state index in [9.17, 15) is 9.59 Å². The molecule has 0 radical (unpaired) electrons. The van der Waals surface area contributed by atoms with Crippen molar-refractivity contribution in [2.24, 2.45) is 16.9 Å². The molecular weight excluding hydrogens is 352 g/mol. The molecule has 2 aromatic carbocycles. The molecule has 5 nitrogen and oxygen atoms in total. The van der Waals surface area contributed by atoms with Crippen molar-refractivity contribution in [3.05, 3.63) is 94.9 Å². The van der Waals surface area contributed by atoms with Crippen molar-refractivity contribution in [1.82, 2.24) is 5.01 Å². The van der Waals surface area contributed by atoms with Crippen LogP contribution in [0.25, 0.3) is 0 Å². The molecule has 3 aromatic rings. The van der Waals surface area contributed by atoms with Crippen molar-refractivity contribution in [2.45, 2.75) is 11.8 Å². The number of amides is 2. The van der Waals surface area contributed by atoms with Crippen molar-refractivity contribution in [3.8, 4) is 0 Å². The summed E-state index contributed by atoms with van der Waals surface area (Å²) in [7, 11) is 0. The Balaban J connectivity index is 1.50. The zero-order chi connectivity index (χ0) is 18.8. The Bertz CT molecular complexity index is 1030. The van der Waals surface area contributed by atoms with Crippen LogP contribution in [0.5, 0.6) is 0 Å². The van der Waals surface area contributed by atoms with E-state index in [4.69, 9.17) is 4.42 Å². The molecule has 2 amide bonds. The summed E-state index contributed by atoms with van der Waals surface area (Å²) in [4.78, 5) is 26.6. The summed E-state index contributed by atoms with van der Waals surface area (Å²) in [5, 5.41) is 5.24. The fraction of sp³-hybridized carbons (Fsp3) is 0.174. The van der Waals surface area contributed by atoms with Crippen LogP contribution in [0.4, 0.5) is 0 Å². The first-order valence-electron chi connectivity index (χ1n) is 9.38. The van der Waals surface area contributed by atoms with E-state index in [1.54, 1.807) is 12.1 Å². The van der Waals surface area contributed by atoms with Crippen molar-refractivity contribution >= 4 is 18.0 Å². The molecule has 0 spiro atoms. The Hall–Kier alpha value is -3.47. The maximum absolute atomic E-state index is 13.3. The van der Waals surface area contributed by atoms with Gasteiger partial charge in [0.25, 0.3) is 11.8 Å². The van der Waals surface area contributed by atoms with Gasteiger partial charge >= 0.3 is 0 Å². The van der Waals surface area contributed by atoms with E-state index in [1.165, 1.54) is 12.5 Å². The van der Waals surface area contributed by atoms with Crippen molar-refractivity contribution < 1.29 is 14.0 Å². The molecule has 5 heteroatoms. The molecule has 2 atom stereocenters. The second-order valence-electron chi connectivity index (χ2n) is 7.51. The van der Waals surface area contributed by atoms with Gasteiger partial charge < -0.3 is 4.42 Å². The summed E-state index contributed by atoms with van der Waals surface area (Å²) >= 11 is 0. The minimum atomic E-state index is -0.406. The molecule has 28 heavy (non-hydrogen) atoms. The molecule has 0 unspecified atom stereocenters. The lowest BCUT2D eigenvalue weighted by Gasteiger charge is -2.45. The fourth-order valence-corrected chi connectivity index (χ4v) is 5.25. The van der Waals surface area contributed by atoms with Crippen molar-refractivity contribution in [3.63, 3.8) is 0 Å². The summed E-state index contributed by atoms with van der Waals surface area (Å²) in [6.45, 7) is 0. The fourth-order valence-electron chi connectivity index (χ4n) is 5.25. The number of carbonyl (C=O) groups is 2. The molecule has 4 aliphatic rings. The van der Waals surface area contributed by atoms with E-state index < -0.39 is 11.8 Å². The second kappa shape index (κ2) is 5.52. The van der Waals surface area contributed by atoms with Gasteiger partial charge in [-0.25, -0.2) is 0 Å². The SMILES string of the molecule is O=C1[C@@H]2C3c4ccccc4C(c4ccccc43)[C@H]2C(=O)N1/N=C\c1ccco1. The number of nitrogens with zero attached hydrogens (tertiary/aromatic N) is 2. The molecular formula is C23H16N2O3. The lowest BCUT2D eigenvalue weighted by Crippen LogP contribution is -2.41. The van der Waals surface area contributed by atoms with E-state index in [2.05, 4.69) is 29.4 Å². The summed E-state index contributed by atoms with van der Waals surface area (Å²) in [6.07, 6.45) is 2.96. The predicted octanol–water partition coefficient (Wildman–Crippen LogP) is 3.51. The molecule has 0 N–H and O–H groups in total. The number of benzene rings is 2. The highest BCUT2D eigenvalue weighted by Gasteiger charge is 2.61. The van der Waals surface area contributed by atoms with E-state index in [0.29, 0.717) is 5.76 Å². The third kappa shape index (κ3) is 1.88. The van der Waals surface area contributed by atoms with Gasteiger partial charge in [0, 0.05) is 11.8 Å². The zero-order valence-corrected chi connectivity index (χ0v) is 14.9. The minimum Gasteiger partial charge on any atom is -0.463 e. The monoisotopic (exact) mass is 368 g/mol. The summed E-state index contributed by atoms with van der Waals surface area (Å²) < 4.78 is 5.24. The minimum absolute atomic E-state index is 0.109. The molecule has 1 aliphatic heterocycles. The largest absolute Gasteiger partial charge is 0.463 e. The number of rotatable bonds is 2. The topological polar surface area (TPSA) is 62.9 Å². The first-order valence-corrected chi connectivity index (χ1v) is 9.38. The van der Waals surface area contributed by atoms with Crippen LogP contribution in [0.2, 0.25) is 0 Å². The van der Waals surface area contributed by atoms with Crippen LogP contribution in [0.15, 0.2) is 76.4 Å². The third-order valence-corrected chi connectivity index (χ3v) is 6.27. The summed E-state index contributed by atoms with van der Waals surface area (Å²) in [5.74, 6) is -0.976. The summed E-state index contributed by atoms with van der Waals surface area (Å²) in [5.41, 5.74) is 4.63. The predicted molar refractivity (Wildman–Crippen MR) is 102 cm³/mol. The second-order valence-corrected chi connectivity index (χ2v) is 7.51. The Kier molecular flexibility index (Phi) is 3.07. The molecule has 2 heterocycles. The average molecular weight is 368 g/mol. The number of furan rings is 1.